The number of hydrogen-bond acceptors (Lipinski definition) is 1. The predicted molar refractivity (Wildman–Crippen MR) is 63.2 cm³/mol. The lowest BCUT2D eigenvalue weighted by Gasteiger charge is -1.99. The first-order valence-electron chi connectivity index (χ1n) is 5.41. The van der Waals surface area contributed by atoms with Gasteiger partial charge in [-0.3, -0.25) is 0 Å². The molecule has 0 atom stereocenters. The normalized spacial score (nSPS) is 11.1. The van der Waals surface area contributed by atoms with Gasteiger partial charge in [0.05, 0.1) is 0 Å². The summed E-state index contributed by atoms with van der Waals surface area (Å²) in [5.74, 6) is 0. The third-order valence-electron chi connectivity index (χ3n) is 2.95. The summed E-state index contributed by atoms with van der Waals surface area (Å²) < 4.78 is 0. The fraction of sp³-hybridized carbons (Fsp3) is 0.385. The summed E-state index contributed by atoms with van der Waals surface area (Å²) in [5.41, 5.74) is 5.10. The maximum Gasteiger partial charge on any atom is 0.0488 e. The van der Waals surface area contributed by atoms with Crippen molar-refractivity contribution in [2.75, 3.05) is 6.61 Å². The summed E-state index contributed by atoms with van der Waals surface area (Å²) in [6.45, 7) is 4.48. The second-order valence-corrected chi connectivity index (χ2v) is 4.05. The molecule has 2 aromatic rings. The van der Waals surface area contributed by atoms with Gasteiger partial charge in [0.25, 0.3) is 0 Å². The van der Waals surface area contributed by atoms with E-state index in [1.807, 2.05) is 0 Å². The summed E-state index contributed by atoms with van der Waals surface area (Å²) >= 11 is 0. The zero-order chi connectivity index (χ0) is 10.8. The van der Waals surface area contributed by atoms with Gasteiger partial charge in [-0.2, -0.15) is 0 Å². The molecular weight excluding hydrogens is 186 g/mol. The Hall–Kier alpha value is -1.28. The first kappa shape index (κ1) is 10.2. The molecule has 0 fully saturated rings. The summed E-state index contributed by atoms with van der Waals surface area (Å²) in [6, 6.07) is 6.36. The monoisotopic (exact) mass is 203 g/mol. The van der Waals surface area contributed by atoms with Crippen molar-refractivity contribution in [3.05, 3.63) is 35.0 Å². The second kappa shape index (κ2) is 4.07. The third kappa shape index (κ3) is 1.77. The van der Waals surface area contributed by atoms with Crippen LogP contribution in [0.15, 0.2) is 18.2 Å². The third-order valence-corrected chi connectivity index (χ3v) is 2.95. The Labute approximate surface area is 89.9 Å². The zero-order valence-corrected chi connectivity index (χ0v) is 9.30. The average molecular weight is 203 g/mol. The summed E-state index contributed by atoms with van der Waals surface area (Å²) in [4.78, 5) is 3.42. The van der Waals surface area contributed by atoms with Gasteiger partial charge < -0.3 is 10.1 Å². The molecule has 2 rings (SSSR count). The van der Waals surface area contributed by atoms with E-state index in [1.54, 1.807) is 0 Å². The maximum absolute atomic E-state index is 8.87. The lowest BCUT2D eigenvalue weighted by atomic mass is 10.0. The van der Waals surface area contributed by atoms with Crippen LogP contribution in [-0.4, -0.2) is 16.7 Å². The molecule has 0 saturated heterocycles. The number of para-hydroxylation sites is 1. The molecular formula is C13H17NO. The lowest BCUT2D eigenvalue weighted by Crippen LogP contribution is -1.90. The Morgan fingerprint density at radius 1 is 1.27 bits per heavy atom. The topological polar surface area (TPSA) is 36.0 Å². The van der Waals surface area contributed by atoms with Gasteiger partial charge in [0.15, 0.2) is 0 Å². The van der Waals surface area contributed by atoms with Crippen molar-refractivity contribution in [2.45, 2.75) is 26.7 Å². The molecule has 0 bridgehead atoms. The van der Waals surface area contributed by atoms with Crippen molar-refractivity contribution >= 4 is 10.9 Å². The molecule has 0 spiro atoms. The van der Waals surface area contributed by atoms with Crippen LogP contribution in [0.25, 0.3) is 10.9 Å². The highest BCUT2D eigenvalue weighted by molar-refractivity contribution is 5.87. The quantitative estimate of drug-likeness (QED) is 0.790. The number of fused-ring (bicyclic) bond motifs is 1. The summed E-state index contributed by atoms with van der Waals surface area (Å²) in [5, 5.41) is 10.2. The van der Waals surface area contributed by atoms with Gasteiger partial charge in [-0.15, -0.1) is 0 Å². The molecule has 0 aliphatic rings. The minimum Gasteiger partial charge on any atom is -0.396 e. The van der Waals surface area contributed by atoms with E-state index in [0.29, 0.717) is 0 Å². The fourth-order valence-corrected chi connectivity index (χ4v) is 2.13. The van der Waals surface area contributed by atoms with Crippen molar-refractivity contribution < 1.29 is 5.11 Å². The minimum absolute atomic E-state index is 0.262. The van der Waals surface area contributed by atoms with E-state index in [-0.39, 0.29) is 6.61 Å². The Kier molecular flexibility index (Phi) is 2.78. The zero-order valence-electron chi connectivity index (χ0n) is 9.30. The van der Waals surface area contributed by atoms with Gasteiger partial charge >= 0.3 is 0 Å². The molecule has 80 valence electrons. The molecule has 15 heavy (non-hydrogen) atoms. The van der Waals surface area contributed by atoms with Gasteiger partial charge in [-0.1, -0.05) is 18.2 Å². The molecule has 1 aromatic carbocycles. The van der Waals surface area contributed by atoms with Crippen LogP contribution in [0, 0.1) is 13.8 Å². The van der Waals surface area contributed by atoms with Crippen LogP contribution < -0.4 is 0 Å². The van der Waals surface area contributed by atoms with Crippen LogP contribution >= 0.6 is 0 Å². The number of aliphatic hydroxyl groups is 1. The molecule has 0 unspecified atom stereocenters. The highest BCUT2D eigenvalue weighted by Crippen LogP contribution is 2.25. The van der Waals surface area contributed by atoms with E-state index in [9.17, 15) is 0 Å². The molecule has 2 heteroatoms. The molecule has 0 radical (unpaired) electrons. The highest BCUT2D eigenvalue weighted by Gasteiger charge is 2.08. The van der Waals surface area contributed by atoms with Crippen LogP contribution in [0.1, 0.15) is 23.2 Å². The van der Waals surface area contributed by atoms with E-state index in [4.69, 9.17) is 5.11 Å². The first-order valence-corrected chi connectivity index (χ1v) is 5.41. The van der Waals surface area contributed by atoms with E-state index in [0.717, 1.165) is 12.8 Å². The van der Waals surface area contributed by atoms with Crippen molar-refractivity contribution in [1.82, 2.24) is 4.98 Å². The predicted octanol–water partition coefficient (Wildman–Crippen LogP) is 2.71. The van der Waals surface area contributed by atoms with Gasteiger partial charge in [0.2, 0.25) is 0 Å². The van der Waals surface area contributed by atoms with Gasteiger partial charge in [0, 0.05) is 23.2 Å². The molecule has 2 N–H and O–H groups in total. The number of rotatable bonds is 3. The largest absolute Gasteiger partial charge is 0.396 e. The molecule has 1 heterocycles. The number of H-pyrrole nitrogens is 1. The number of aliphatic hydroxyl groups excluding tert-OH is 1. The van der Waals surface area contributed by atoms with Gasteiger partial charge in [0.1, 0.15) is 0 Å². The van der Waals surface area contributed by atoms with E-state index < -0.39 is 0 Å². The number of benzene rings is 1. The van der Waals surface area contributed by atoms with Crippen LogP contribution in [0.3, 0.4) is 0 Å². The van der Waals surface area contributed by atoms with E-state index >= 15 is 0 Å². The molecule has 0 amide bonds. The number of hydrogen-bond donors (Lipinski definition) is 2. The van der Waals surface area contributed by atoms with Crippen LogP contribution in [0.4, 0.5) is 0 Å². The standard InChI is InChI=1S/C13H17NO/c1-9-5-3-6-12-11(7-4-8-15)10(2)14-13(9)12/h3,5-6,14-15H,4,7-8H2,1-2H3. The Bertz CT molecular complexity index is 471. The van der Waals surface area contributed by atoms with Crippen molar-refractivity contribution in [3.63, 3.8) is 0 Å². The Morgan fingerprint density at radius 3 is 2.80 bits per heavy atom. The molecule has 2 nitrogen and oxygen atoms in total. The number of nitrogens with one attached hydrogen (secondary N) is 1. The number of aryl methyl sites for hydroxylation is 3. The SMILES string of the molecule is Cc1[nH]c2c(C)cccc2c1CCCO. The Balaban J connectivity index is 2.53. The van der Waals surface area contributed by atoms with Crippen LogP contribution in [0.2, 0.25) is 0 Å². The van der Waals surface area contributed by atoms with Gasteiger partial charge in [-0.05, 0) is 37.8 Å². The summed E-state index contributed by atoms with van der Waals surface area (Å²) in [6.07, 6.45) is 1.79. The van der Waals surface area contributed by atoms with Crippen LogP contribution in [-0.2, 0) is 6.42 Å². The minimum atomic E-state index is 0.262. The highest BCUT2D eigenvalue weighted by atomic mass is 16.2. The second-order valence-electron chi connectivity index (χ2n) is 4.05. The van der Waals surface area contributed by atoms with Crippen molar-refractivity contribution in [1.29, 1.82) is 0 Å². The van der Waals surface area contributed by atoms with Crippen molar-refractivity contribution in [2.24, 2.45) is 0 Å². The summed E-state index contributed by atoms with van der Waals surface area (Å²) in [7, 11) is 0. The average Bonchev–Trinajstić information content (AvgIpc) is 2.54. The number of aromatic nitrogens is 1. The lowest BCUT2D eigenvalue weighted by molar-refractivity contribution is 0.288. The van der Waals surface area contributed by atoms with Crippen LogP contribution in [0.5, 0.6) is 0 Å². The van der Waals surface area contributed by atoms with Crippen molar-refractivity contribution in [3.8, 4) is 0 Å². The Morgan fingerprint density at radius 2 is 2.07 bits per heavy atom. The smallest absolute Gasteiger partial charge is 0.0488 e. The first-order chi connectivity index (χ1) is 7.24. The van der Waals surface area contributed by atoms with Gasteiger partial charge in [-0.25, -0.2) is 0 Å². The molecule has 0 saturated carbocycles. The molecule has 1 aromatic heterocycles. The maximum atomic E-state index is 8.87. The number of aromatic amines is 1. The van der Waals surface area contributed by atoms with E-state index in [2.05, 4.69) is 37.0 Å². The molecule has 0 aliphatic heterocycles. The fourth-order valence-electron chi connectivity index (χ4n) is 2.13. The van der Waals surface area contributed by atoms with E-state index in [1.165, 1.54) is 27.7 Å². The molecule has 0 aliphatic carbocycles.